The van der Waals surface area contributed by atoms with E-state index >= 15 is 0 Å². The molecule has 9 heteroatoms. The van der Waals surface area contributed by atoms with Crippen LogP contribution in [0.25, 0.3) is 0 Å². The predicted molar refractivity (Wildman–Crippen MR) is 80.0 cm³/mol. The molecule has 2 atom stereocenters. The summed E-state index contributed by atoms with van der Waals surface area (Å²) in [5.74, 6) is 0.474. The second-order valence-electron chi connectivity index (χ2n) is 4.85. The minimum absolute atomic E-state index is 0.0357. The van der Waals surface area contributed by atoms with Crippen LogP contribution in [0.15, 0.2) is 0 Å². The van der Waals surface area contributed by atoms with Gasteiger partial charge in [0.25, 0.3) is 0 Å². The fraction of sp³-hybridized carbons (Fsp3) is 0.818. The summed E-state index contributed by atoms with van der Waals surface area (Å²) in [6.45, 7) is 0.448. The number of sulfone groups is 1. The standard InChI is InChI=1S/C11H17NO5S3/c13-10(6-19-8-1-4-20(16,17)7-8)12-2-3-18-5-9(12)11(14)15/h8-9H,1-7H2,(H,14,15). The van der Waals surface area contributed by atoms with E-state index in [2.05, 4.69) is 0 Å². The van der Waals surface area contributed by atoms with Gasteiger partial charge in [0.1, 0.15) is 6.04 Å². The van der Waals surface area contributed by atoms with Crippen LogP contribution in [0.4, 0.5) is 0 Å². The second-order valence-corrected chi connectivity index (χ2v) is 9.52. The zero-order chi connectivity index (χ0) is 14.8. The molecule has 6 nitrogen and oxygen atoms in total. The lowest BCUT2D eigenvalue weighted by Crippen LogP contribution is -2.51. The summed E-state index contributed by atoms with van der Waals surface area (Å²) in [6.07, 6.45) is 0.582. The van der Waals surface area contributed by atoms with Crippen LogP contribution >= 0.6 is 23.5 Å². The summed E-state index contributed by atoms with van der Waals surface area (Å²) in [7, 11) is -2.94. The smallest absolute Gasteiger partial charge is 0.327 e. The van der Waals surface area contributed by atoms with Crippen molar-refractivity contribution in [1.29, 1.82) is 0 Å². The van der Waals surface area contributed by atoms with E-state index in [-0.39, 0.29) is 28.4 Å². The molecule has 0 bridgehead atoms. The van der Waals surface area contributed by atoms with E-state index in [9.17, 15) is 18.0 Å². The number of carboxylic acids is 1. The van der Waals surface area contributed by atoms with Gasteiger partial charge in [-0.1, -0.05) is 0 Å². The average Bonchev–Trinajstić information content (AvgIpc) is 2.75. The minimum atomic E-state index is -2.94. The fourth-order valence-corrected chi connectivity index (χ4v) is 6.84. The molecule has 0 aromatic carbocycles. The average molecular weight is 339 g/mol. The summed E-state index contributed by atoms with van der Waals surface area (Å²) < 4.78 is 22.7. The Kier molecular flexibility index (Phi) is 5.25. The Morgan fingerprint density at radius 2 is 2.15 bits per heavy atom. The van der Waals surface area contributed by atoms with Gasteiger partial charge in [-0.3, -0.25) is 4.79 Å². The van der Waals surface area contributed by atoms with E-state index in [0.717, 1.165) is 5.75 Å². The number of amides is 1. The highest BCUT2D eigenvalue weighted by atomic mass is 32.2. The van der Waals surface area contributed by atoms with Gasteiger partial charge in [-0.05, 0) is 6.42 Å². The second kappa shape index (κ2) is 6.57. The normalized spacial score (nSPS) is 29.3. The first-order chi connectivity index (χ1) is 9.39. The molecule has 2 aliphatic heterocycles. The van der Waals surface area contributed by atoms with Crippen molar-refractivity contribution in [2.45, 2.75) is 17.7 Å². The third-order valence-corrected chi connectivity index (χ3v) is 7.66. The highest BCUT2D eigenvalue weighted by Crippen LogP contribution is 2.25. The van der Waals surface area contributed by atoms with Crippen LogP contribution in [-0.4, -0.2) is 76.9 Å². The van der Waals surface area contributed by atoms with Crippen LogP contribution in [0.5, 0.6) is 0 Å². The number of carbonyl (C=O) groups excluding carboxylic acids is 1. The van der Waals surface area contributed by atoms with Crippen LogP contribution in [0.2, 0.25) is 0 Å². The molecule has 1 N–H and O–H groups in total. The monoisotopic (exact) mass is 339 g/mol. The summed E-state index contributed by atoms with van der Waals surface area (Å²) >= 11 is 2.87. The van der Waals surface area contributed by atoms with E-state index < -0.39 is 21.8 Å². The van der Waals surface area contributed by atoms with E-state index in [1.54, 1.807) is 0 Å². The summed E-state index contributed by atoms with van der Waals surface area (Å²) in [5.41, 5.74) is 0. The third-order valence-electron chi connectivity index (χ3n) is 3.37. The molecule has 1 amide bonds. The topological polar surface area (TPSA) is 91.8 Å². The first-order valence-electron chi connectivity index (χ1n) is 6.31. The van der Waals surface area contributed by atoms with E-state index in [0.29, 0.717) is 18.7 Å². The van der Waals surface area contributed by atoms with Crippen LogP contribution in [0.3, 0.4) is 0 Å². The molecule has 2 unspecified atom stereocenters. The van der Waals surface area contributed by atoms with Crippen LogP contribution < -0.4 is 0 Å². The molecule has 0 radical (unpaired) electrons. The molecule has 2 saturated heterocycles. The van der Waals surface area contributed by atoms with E-state index in [4.69, 9.17) is 5.11 Å². The number of hydrogen-bond acceptors (Lipinski definition) is 6. The molecular weight excluding hydrogens is 322 g/mol. The lowest BCUT2D eigenvalue weighted by atomic mass is 10.2. The van der Waals surface area contributed by atoms with Gasteiger partial charge in [-0.15, -0.1) is 11.8 Å². The molecule has 2 heterocycles. The van der Waals surface area contributed by atoms with Gasteiger partial charge < -0.3 is 10.0 Å². The number of thioether (sulfide) groups is 2. The van der Waals surface area contributed by atoms with Crippen LogP contribution in [0, 0.1) is 0 Å². The van der Waals surface area contributed by atoms with Gasteiger partial charge >= 0.3 is 5.97 Å². The summed E-state index contributed by atoms with van der Waals surface area (Å²) in [6, 6.07) is -0.755. The van der Waals surface area contributed by atoms with Gasteiger partial charge in [0, 0.05) is 23.3 Å². The molecule has 0 aromatic heterocycles. The summed E-state index contributed by atoms with van der Waals surface area (Å²) in [5, 5.41) is 9.08. The van der Waals surface area contributed by atoms with Gasteiger partial charge in [-0.25, -0.2) is 13.2 Å². The third kappa shape index (κ3) is 4.05. The van der Waals surface area contributed by atoms with Crippen molar-refractivity contribution >= 4 is 45.2 Å². The molecule has 2 aliphatic rings. The Balaban J connectivity index is 1.86. The van der Waals surface area contributed by atoms with Crippen LogP contribution in [0.1, 0.15) is 6.42 Å². The van der Waals surface area contributed by atoms with E-state index in [1.165, 1.54) is 28.4 Å². The number of aliphatic carboxylic acids is 1. The number of carboxylic acid groups (broad SMARTS) is 1. The first kappa shape index (κ1) is 16.0. The SMILES string of the molecule is O=C(O)C1CSCCN1C(=O)CSC1CCS(=O)(=O)C1. The molecule has 114 valence electrons. The molecular formula is C11H17NO5S3. The highest BCUT2D eigenvalue weighted by molar-refractivity contribution is 8.02. The zero-order valence-electron chi connectivity index (χ0n) is 10.9. The molecule has 2 fully saturated rings. The van der Waals surface area contributed by atoms with Crippen molar-refractivity contribution in [2.75, 3.05) is 35.3 Å². The lowest BCUT2D eigenvalue weighted by molar-refractivity contribution is -0.148. The van der Waals surface area contributed by atoms with Crippen molar-refractivity contribution < 1.29 is 23.1 Å². The molecule has 0 saturated carbocycles. The lowest BCUT2D eigenvalue weighted by Gasteiger charge is -2.32. The maximum absolute atomic E-state index is 12.1. The summed E-state index contributed by atoms with van der Waals surface area (Å²) in [4.78, 5) is 24.6. The number of hydrogen-bond donors (Lipinski definition) is 1. The van der Waals surface area contributed by atoms with Gasteiger partial charge in [0.2, 0.25) is 5.91 Å². The van der Waals surface area contributed by atoms with Crippen molar-refractivity contribution in [1.82, 2.24) is 4.90 Å². The first-order valence-corrected chi connectivity index (χ1v) is 10.3. The van der Waals surface area contributed by atoms with Crippen LogP contribution in [-0.2, 0) is 19.4 Å². The van der Waals surface area contributed by atoms with Crippen molar-refractivity contribution in [3.05, 3.63) is 0 Å². The number of carbonyl (C=O) groups is 2. The van der Waals surface area contributed by atoms with Crippen molar-refractivity contribution in [3.63, 3.8) is 0 Å². The molecule has 2 rings (SSSR count). The number of rotatable bonds is 4. The Bertz CT molecular complexity index is 492. The maximum atomic E-state index is 12.1. The molecule has 0 spiro atoms. The Hall–Kier alpha value is -0.410. The van der Waals surface area contributed by atoms with Crippen molar-refractivity contribution in [3.8, 4) is 0 Å². The molecule has 20 heavy (non-hydrogen) atoms. The van der Waals surface area contributed by atoms with Gasteiger partial charge in [0.05, 0.1) is 17.3 Å². The fourth-order valence-electron chi connectivity index (χ4n) is 2.27. The van der Waals surface area contributed by atoms with E-state index in [1.807, 2.05) is 0 Å². The Morgan fingerprint density at radius 3 is 2.75 bits per heavy atom. The molecule has 0 aliphatic carbocycles. The molecule has 0 aromatic rings. The minimum Gasteiger partial charge on any atom is -0.480 e. The maximum Gasteiger partial charge on any atom is 0.327 e. The van der Waals surface area contributed by atoms with Crippen molar-refractivity contribution in [2.24, 2.45) is 0 Å². The predicted octanol–water partition coefficient (Wildman–Crippen LogP) is -0.0647. The zero-order valence-corrected chi connectivity index (χ0v) is 13.3. The highest BCUT2D eigenvalue weighted by Gasteiger charge is 2.34. The van der Waals surface area contributed by atoms with Gasteiger partial charge in [-0.2, -0.15) is 11.8 Å². The number of nitrogens with zero attached hydrogens (tertiary/aromatic N) is 1. The van der Waals surface area contributed by atoms with Gasteiger partial charge in [0.15, 0.2) is 9.84 Å². The Morgan fingerprint density at radius 1 is 1.40 bits per heavy atom. The largest absolute Gasteiger partial charge is 0.480 e. The quantitative estimate of drug-likeness (QED) is 0.767. The Labute approximate surface area is 126 Å².